The lowest BCUT2D eigenvalue weighted by atomic mass is 10.3. The van der Waals surface area contributed by atoms with Gasteiger partial charge in [-0.2, -0.15) is 0 Å². The maximum atomic E-state index is 3.98. The van der Waals surface area contributed by atoms with E-state index in [0.29, 0.717) is 0 Å². The Morgan fingerprint density at radius 3 is 3.07 bits per heavy atom. The largest absolute Gasteiger partial charge is 0.348 e. The topological polar surface area (TPSA) is 40.7 Å². The summed E-state index contributed by atoms with van der Waals surface area (Å²) in [6, 6.07) is 4.35. The minimum Gasteiger partial charge on any atom is -0.348 e. The van der Waals surface area contributed by atoms with Crippen LogP contribution in [-0.4, -0.2) is 16.5 Å². The lowest BCUT2D eigenvalue weighted by Gasteiger charge is -2.00. The van der Waals surface area contributed by atoms with Gasteiger partial charge in [-0.25, -0.2) is 4.98 Å². The van der Waals surface area contributed by atoms with Gasteiger partial charge in [-0.3, -0.25) is 0 Å². The van der Waals surface area contributed by atoms with Gasteiger partial charge in [0.2, 0.25) is 0 Å². The average Bonchev–Trinajstić information content (AvgIpc) is 2.84. The first kappa shape index (κ1) is 10.4. The zero-order valence-corrected chi connectivity index (χ0v) is 9.60. The van der Waals surface area contributed by atoms with E-state index in [2.05, 4.69) is 34.3 Å². The molecule has 2 rings (SSSR count). The molecule has 0 saturated heterocycles. The molecule has 2 heterocycles. The van der Waals surface area contributed by atoms with E-state index in [1.54, 1.807) is 6.33 Å². The van der Waals surface area contributed by atoms with Gasteiger partial charge in [-0.1, -0.05) is 0 Å². The summed E-state index contributed by atoms with van der Waals surface area (Å²) in [6.07, 6.45) is 4.60. The van der Waals surface area contributed by atoms with Crippen LogP contribution in [0, 0.1) is 6.92 Å². The van der Waals surface area contributed by atoms with E-state index < -0.39 is 0 Å². The average molecular weight is 221 g/mol. The van der Waals surface area contributed by atoms with E-state index in [-0.39, 0.29) is 0 Å². The molecule has 2 N–H and O–H groups in total. The minimum absolute atomic E-state index is 0.965. The number of aromatic nitrogens is 2. The molecular formula is C11H15N3S. The van der Waals surface area contributed by atoms with E-state index in [0.717, 1.165) is 19.5 Å². The van der Waals surface area contributed by atoms with Gasteiger partial charge in [-0.15, -0.1) is 11.3 Å². The Hall–Kier alpha value is -1.13. The van der Waals surface area contributed by atoms with Crippen LogP contribution in [0.4, 0.5) is 0 Å². The molecule has 0 spiro atoms. The Morgan fingerprint density at radius 1 is 1.47 bits per heavy atom. The number of imidazole rings is 1. The number of hydrogen-bond donors (Lipinski definition) is 2. The fraction of sp³-hybridized carbons (Fsp3) is 0.364. The Balaban J connectivity index is 1.67. The van der Waals surface area contributed by atoms with Gasteiger partial charge in [0.15, 0.2) is 0 Å². The van der Waals surface area contributed by atoms with Crippen molar-refractivity contribution in [1.29, 1.82) is 0 Å². The fourth-order valence-electron chi connectivity index (χ4n) is 1.44. The molecule has 0 atom stereocenters. The maximum Gasteiger partial charge on any atom is 0.0921 e. The number of aromatic amines is 1. The number of nitrogens with zero attached hydrogens (tertiary/aromatic N) is 1. The van der Waals surface area contributed by atoms with Gasteiger partial charge >= 0.3 is 0 Å². The van der Waals surface area contributed by atoms with Crippen molar-refractivity contribution < 1.29 is 0 Å². The second-order valence-electron chi connectivity index (χ2n) is 3.52. The van der Waals surface area contributed by atoms with Crippen molar-refractivity contribution in [1.82, 2.24) is 15.3 Å². The van der Waals surface area contributed by atoms with Crippen LogP contribution in [0.2, 0.25) is 0 Å². The molecule has 0 aliphatic rings. The van der Waals surface area contributed by atoms with Crippen LogP contribution in [-0.2, 0) is 13.0 Å². The summed E-state index contributed by atoms with van der Waals surface area (Å²) in [5, 5.41) is 3.42. The van der Waals surface area contributed by atoms with Crippen LogP contribution >= 0.6 is 11.3 Å². The zero-order chi connectivity index (χ0) is 10.5. The lowest BCUT2D eigenvalue weighted by molar-refractivity contribution is 0.687. The van der Waals surface area contributed by atoms with Crippen molar-refractivity contribution in [2.45, 2.75) is 19.9 Å². The van der Waals surface area contributed by atoms with E-state index in [1.807, 2.05) is 17.5 Å². The SMILES string of the molecule is Cc1ccc(CNCCc2cnc[nH]2)s1. The summed E-state index contributed by atoms with van der Waals surface area (Å²) in [6.45, 7) is 4.09. The second-order valence-corrected chi connectivity index (χ2v) is 4.89. The summed E-state index contributed by atoms with van der Waals surface area (Å²) >= 11 is 1.85. The molecule has 0 aliphatic carbocycles. The summed E-state index contributed by atoms with van der Waals surface area (Å²) < 4.78 is 0. The Kier molecular flexibility index (Phi) is 3.53. The molecule has 0 saturated carbocycles. The predicted molar refractivity (Wildman–Crippen MR) is 63.1 cm³/mol. The minimum atomic E-state index is 0.965. The van der Waals surface area contributed by atoms with Crippen LogP contribution in [0.3, 0.4) is 0 Å². The number of H-pyrrole nitrogens is 1. The van der Waals surface area contributed by atoms with Crippen LogP contribution in [0.5, 0.6) is 0 Å². The van der Waals surface area contributed by atoms with E-state index in [9.17, 15) is 0 Å². The third-order valence-electron chi connectivity index (χ3n) is 2.22. The van der Waals surface area contributed by atoms with Crippen LogP contribution in [0.1, 0.15) is 15.4 Å². The molecular weight excluding hydrogens is 206 g/mol. The molecule has 0 aromatic carbocycles. The number of thiophene rings is 1. The first-order valence-electron chi connectivity index (χ1n) is 5.08. The van der Waals surface area contributed by atoms with Gasteiger partial charge in [-0.05, 0) is 19.1 Å². The number of nitrogens with one attached hydrogen (secondary N) is 2. The van der Waals surface area contributed by atoms with Crippen molar-refractivity contribution >= 4 is 11.3 Å². The smallest absolute Gasteiger partial charge is 0.0921 e. The highest BCUT2D eigenvalue weighted by Crippen LogP contribution is 2.14. The zero-order valence-electron chi connectivity index (χ0n) is 8.79. The van der Waals surface area contributed by atoms with E-state index in [4.69, 9.17) is 0 Å². The fourth-order valence-corrected chi connectivity index (χ4v) is 2.30. The standard InChI is InChI=1S/C11H15N3S/c1-9-2-3-11(15-9)7-12-5-4-10-6-13-8-14-10/h2-3,6,8,12H,4-5,7H2,1H3,(H,13,14). The summed E-state index contributed by atoms with van der Waals surface area (Å²) in [7, 11) is 0. The van der Waals surface area contributed by atoms with Gasteiger partial charge in [0.05, 0.1) is 6.33 Å². The molecule has 3 nitrogen and oxygen atoms in total. The molecule has 15 heavy (non-hydrogen) atoms. The molecule has 0 bridgehead atoms. The van der Waals surface area contributed by atoms with Crippen LogP contribution < -0.4 is 5.32 Å². The maximum absolute atomic E-state index is 3.98. The Labute approximate surface area is 93.6 Å². The quantitative estimate of drug-likeness (QED) is 0.759. The molecule has 0 unspecified atom stereocenters. The number of hydrogen-bond acceptors (Lipinski definition) is 3. The van der Waals surface area contributed by atoms with Gasteiger partial charge in [0.25, 0.3) is 0 Å². The van der Waals surface area contributed by atoms with Gasteiger partial charge < -0.3 is 10.3 Å². The highest BCUT2D eigenvalue weighted by Gasteiger charge is 1.96. The first-order chi connectivity index (χ1) is 7.34. The molecule has 0 amide bonds. The highest BCUT2D eigenvalue weighted by molar-refractivity contribution is 7.11. The molecule has 80 valence electrons. The van der Waals surface area contributed by atoms with Gasteiger partial charge in [0.1, 0.15) is 0 Å². The lowest BCUT2D eigenvalue weighted by Crippen LogP contribution is -2.16. The summed E-state index contributed by atoms with van der Waals surface area (Å²) in [4.78, 5) is 9.85. The van der Waals surface area contributed by atoms with Crippen molar-refractivity contribution in [3.8, 4) is 0 Å². The summed E-state index contributed by atoms with van der Waals surface area (Å²) in [5.41, 5.74) is 1.19. The molecule has 2 aromatic rings. The van der Waals surface area contributed by atoms with E-state index >= 15 is 0 Å². The van der Waals surface area contributed by atoms with Gasteiger partial charge in [0, 0.05) is 41.2 Å². The Bertz CT molecular complexity index is 392. The number of rotatable bonds is 5. The molecule has 2 aromatic heterocycles. The molecule has 0 radical (unpaired) electrons. The summed E-state index contributed by atoms with van der Waals surface area (Å²) in [5.74, 6) is 0. The first-order valence-corrected chi connectivity index (χ1v) is 5.89. The van der Waals surface area contributed by atoms with Crippen molar-refractivity contribution in [3.63, 3.8) is 0 Å². The van der Waals surface area contributed by atoms with Crippen LogP contribution in [0.25, 0.3) is 0 Å². The monoisotopic (exact) mass is 221 g/mol. The Morgan fingerprint density at radius 2 is 2.40 bits per heavy atom. The van der Waals surface area contributed by atoms with E-state index in [1.165, 1.54) is 15.4 Å². The third kappa shape index (κ3) is 3.18. The van der Waals surface area contributed by atoms with Crippen LogP contribution in [0.15, 0.2) is 24.7 Å². The van der Waals surface area contributed by atoms with Crippen molar-refractivity contribution in [2.75, 3.05) is 6.54 Å². The highest BCUT2D eigenvalue weighted by atomic mass is 32.1. The predicted octanol–water partition coefficient (Wildman–Crippen LogP) is 2.11. The second kappa shape index (κ2) is 5.09. The van der Waals surface area contributed by atoms with Crippen molar-refractivity contribution in [2.24, 2.45) is 0 Å². The normalized spacial score (nSPS) is 10.7. The molecule has 0 fully saturated rings. The molecule has 4 heteroatoms. The third-order valence-corrected chi connectivity index (χ3v) is 3.22. The number of aryl methyl sites for hydroxylation is 1. The van der Waals surface area contributed by atoms with Crippen molar-refractivity contribution in [3.05, 3.63) is 40.1 Å². The molecule has 0 aliphatic heterocycles.